The highest BCUT2D eigenvalue weighted by molar-refractivity contribution is 7.94. The maximum atomic E-state index is 13.0. The number of anilines is 2. The molecule has 7 nitrogen and oxygen atoms in total. The first kappa shape index (κ1) is 22.6. The van der Waals surface area contributed by atoms with Crippen molar-refractivity contribution >= 4 is 38.6 Å². The third kappa shape index (κ3) is 5.27. The fraction of sp³-hybridized carbons (Fsp3) is 0.125. The topological polar surface area (TPSA) is 80.1 Å². The number of benzene rings is 2. The second-order valence-electron chi connectivity index (χ2n) is 7.08. The zero-order valence-corrected chi connectivity index (χ0v) is 19.5. The molecule has 0 fully saturated rings. The van der Waals surface area contributed by atoms with E-state index in [1.807, 2.05) is 36.4 Å². The first-order valence-corrected chi connectivity index (χ1v) is 12.4. The van der Waals surface area contributed by atoms with Gasteiger partial charge in [-0.25, -0.2) is 8.42 Å². The Morgan fingerprint density at radius 1 is 0.939 bits per heavy atom. The van der Waals surface area contributed by atoms with Crippen molar-refractivity contribution in [3.05, 3.63) is 96.3 Å². The number of ether oxygens (including phenoxy) is 1. The molecule has 0 saturated heterocycles. The number of furan rings is 1. The maximum absolute atomic E-state index is 13.0. The van der Waals surface area contributed by atoms with E-state index in [9.17, 15) is 13.2 Å². The van der Waals surface area contributed by atoms with Crippen LogP contribution in [0.1, 0.15) is 5.76 Å². The van der Waals surface area contributed by atoms with Crippen LogP contribution in [0.5, 0.6) is 5.75 Å². The molecule has 0 radical (unpaired) electrons. The smallest absolute Gasteiger partial charge is 0.273 e. The zero-order chi connectivity index (χ0) is 23.3. The van der Waals surface area contributed by atoms with Gasteiger partial charge in [-0.1, -0.05) is 24.3 Å². The fourth-order valence-corrected chi connectivity index (χ4v) is 5.51. The highest BCUT2D eigenvalue weighted by atomic mass is 32.2. The Labute approximate surface area is 196 Å². The number of rotatable bonds is 9. The van der Waals surface area contributed by atoms with Gasteiger partial charge in [0.1, 0.15) is 15.7 Å². The monoisotopic (exact) mass is 482 g/mol. The minimum absolute atomic E-state index is 0.182. The van der Waals surface area contributed by atoms with Gasteiger partial charge in [-0.05, 0) is 60.0 Å². The minimum Gasteiger partial charge on any atom is -0.484 e. The van der Waals surface area contributed by atoms with Crippen LogP contribution in [0.25, 0.3) is 0 Å². The van der Waals surface area contributed by atoms with Crippen LogP contribution in [-0.2, 0) is 21.4 Å². The molecule has 4 aromatic rings. The lowest BCUT2D eigenvalue weighted by Gasteiger charge is -2.22. The van der Waals surface area contributed by atoms with Crippen LogP contribution in [0, 0.1) is 0 Å². The summed E-state index contributed by atoms with van der Waals surface area (Å²) in [6, 6.07) is 22.7. The summed E-state index contributed by atoms with van der Waals surface area (Å²) in [4.78, 5) is 14.5. The van der Waals surface area contributed by atoms with Gasteiger partial charge in [-0.15, -0.1) is 11.3 Å². The van der Waals surface area contributed by atoms with Crippen LogP contribution in [-0.4, -0.2) is 28.0 Å². The van der Waals surface area contributed by atoms with Crippen molar-refractivity contribution in [3.63, 3.8) is 0 Å². The molecule has 0 saturated carbocycles. The Hall–Kier alpha value is -3.56. The molecule has 170 valence electrons. The molecule has 0 aliphatic rings. The summed E-state index contributed by atoms with van der Waals surface area (Å²) in [5.74, 6) is 0.880. The number of para-hydroxylation sites is 1. The number of thiophene rings is 1. The number of amides is 1. The van der Waals surface area contributed by atoms with Crippen LogP contribution in [0.15, 0.2) is 99.1 Å². The van der Waals surface area contributed by atoms with Gasteiger partial charge in [0.05, 0.1) is 18.5 Å². The van der Waals surface area contributed by atoms with E-state index in [-0.39, 0.29) is 23.3 Å². The lowest BCUT2D eigenvalue weighted by atomic mass is 10.2. The van der Waals surface area contributed by atoms with Crippen LogP contribution < -0.4 is 13.9 Å². The summed E-state index contributed by atoms with van der Waals surface area (Å²) in [5.41, 5.74) is 1.23. The molecule has 0 spiro atoms. The number of nitrogens with zero attached hydrogens (tertiary/aromatic N) is 2. The largest absolute Gasteiger partial charge is 0.484 e. The van der Waals surface area contributed by atoms with Crippen molar-refractivity contribution in [2.75, 3.05) is 22.9 Å². The Bertz CT molecular complexity index is 1270. The van der Waals surface area contributed by atoms with Gasteiger partial charge in [-0.2, -0.15) is 0 Å². The first-order valence-electron chi connectivity index (χ1n) is 10.1. The molecule has 33 heavy (non-hydrogen) atoms. The highest BCUT2D eigenvalue weighted by Crippen LogP contribution is 2.27. The van der Waals surface area contributed by atoms with Crippen molar-refractivity contribution in [2.45, 2.75) is 10.8 Å². The molecule has 2 heterocycles. The average Bonchev–Trinajstić information content (AvgIpc) is 3.56. The predicted molar refractivity (Wildman–Crippen MR) is 128 cm³/mol. The molecule has 1 amide bonds. The van der Waals surface area contributed by atoms with Crippen molar-refractivity contribution in [1.82, 2.24) is 0 Å². The number of hydrogen-bond donors (Lipinski definition) is 0. The number of sulfonamides is 1. The summed E-state index contributed by atoms with van der Waals surface area (Å²) in [7, 11) is -2.11. The Kier molecular flexibility index (Phi) is 6.81. The number of hydrogen-bond acceptors (Lipinski definition) is 6. The molecule has 0 unspecified atom stereocenters. The molecule has 0 bridgehead atoms. The minimum atomic E-state index is -3.61. The number of carbonyl (C=O) groups is 1. The summed E-state index contributed by atoms with van der Waals surface area (Å²) in [6.45, 7) is 0.0990. The molecule has 2 aromatic carbocycles. The molecule has 4 rings (SSSR count). The summed E-state index contributed by atoms with van der Waals surface area (Å²) in [5, 5.41) is 1.72. The first-order chi connectivity index (χ1) is 15.9. The van der Waals surface area contributed by atoms with Gasteiger partial charge in [-0.3, -0.25) is 9.10 Å². The molecule has 0 aliphatic carbocycles. The second kappa shape index (κ2) is 9.93. The van der Waals surface area contributed by atoms with Crippen molar-refractivity contribution < 1.29 is 22.4 Å². The van der Waals surface area contributed by atoms with Gasteiger partial charge in [0, 0.05) is 12.7 Å². The third-order valence-corrected chi connectivity index (χ3v) is 8.09. The lowest BCUT2D eigenvalue weighted by molar-refractivity contribution is -0.120. The standard InChI is InChI=1S/C24H22N2O5S2/c1-25(33(28,29)24-10-6-16-32-24)19-11-13-21(14-12-19)31-18-23(27)26(17-22-9-5-15-30-22)20-7-3-2-4-8-20/h2-16H,17-18H2,1H3. The Morgan fingerprint density at radius 3 is 2.33 bits per heavy atom. The van der Waals surface area contributed by atoms with E-state index >= 15 is 0 Å². The van der Waals surface area contributed by atoms with E-state index in [1.165, 1.54) is 22.7 Å². The molecular formula is C24H22N2O5S2. The quantitative estimate of drug-likeness (QED) is 0.343. The van der Waals surface area contributed by atoms with E-state index < -0.39 is 10.0 Å². The van der Waals surface area contributed by atoms with E-state index in [2.05, 4.69) is 0 Å². The SMILES string of the molecule is CN(c1ccc(OCC(=O)N(Cc2ccco2)c2ccccc2)cc1)S(=O)(=O)c1cccs1. The zero-order valence-electron chi connectivity index (χ0n) is 17.8. The lowest BCUT2D eigenvalue weighted by Crippen LogP contribution is -2.34. The van der Waals surface area contributed by atoms with E-state index in [1.54, 1.807) is 59.0 Å². The maximum Gasteiger partial charge on any atom is 0.273 e. The normalized spacial score (nSPS) is 11.2. The molecule has 0 N–H and O–H groups in total. The van der Waals surface area contributed by atoms with E-state index in [0.29, 0.717) is 17.2 Å². The summed E-state index contributed by atoms with van der Waals surface area (Å²) < 4.78 is 37.9. The van der Waals surface area contributed by atoms with Crippen molar-refractivity contribution in [3.8, 4) is 5.75 Å². The summed E-state index contributed by atoms with van der Waals surface area (Å²) in [6.07, 6.45) is 1.57. The van der Waals surface area contributed by atoms with Crippen molar-refractivity contribution in [2.24, 2.45) is 0 Å². The average molecular weight is 483 g/mol. The van der Waals surface area contributed by atoms with Gasteiger partial charge in [0.25, 0.3) is 15.9 Å². The van der Waals surface area contributed by atoms with E-state index in [4.69, 9.17) is 9.15 Å². The molecule has 0 aliphatic heterocycles. The van der Waals surface area contributed by atoms with Gasteiger partial charge >= 0.3 is 0 Å². The number of carbonyl (C=O) groups excluding carboxylic acids is 1. The molecule has 0 atom stereocenters. The van der Waals surface area contributed by atoms with Gasteiger partial charge in [0.2, 0.25) is 0 Å². The highest BCUT2D eigenvalue weighted by Gasteiger charge is 2.22. The van der Waals surface area contributed by atoms with E-state index in [0.717, 1.165) is 5.69 Å². The molecular weight excluding hydrogens is 460 g/mol. The van der Waals surface area contributed by atoms with Crippen LogP contribution in [0.2, 0.25) is 0 Å². The summed E-state index contributed by atoms with van der Waals surface area (Å²) >= 11 is 1.17. The Morgan fingerprint density at radius 2 is 1.70 bits per heavy atom. The fourth-order valence-electron chi connectivity index (χ4n) is 3.15. The van der Waals surface area contributed by atoms with Crippen molar-refractivity contribution in [1.29, 1.82) is 0 Å². The van der Waals surface area contributed by atoms with Crippen LogP contribution >= 0.6 is 11.3 Å². The Balaban J connectivity index is 1.43. The van der Waals surface area contributed by atoms with Crippen LogP contribution in [0.3, 0.4) is 0 Å². The molecule has 2 aromatic heterocycles. The second-order valence-corrected chi connectivity index (χ2v) is 10.2. The molecule has 9 heteroatoms. The van der Waals surface area contributed by atoms with Gasteiger partial charge in [0.15, 0.2) is 6.61 Å². The van der Waals surface area contributed by atoms with Crippen LogP contribution in [0.4, 0.5) is 11.4 Å². The predicted octanol–water partition coefficient (Wildman–Crippen LogP) is 4.78. The third-order valence-electron chi connectivity index (χ3n) is 4.94. The van der Waals surface area contributed by atoms with Gasteiger partial charge < -0.3 is 14.1 Å².